The van der Waals surface area contributed by atoms with Gasteiger partial charge in [0.15, 0.2) is 0 Å². The minimum atomic E-state index is 0. The van der Waals surface area contributed by atoms with Gasteiger partial charge in [0, 0.05) is 18.9 Å². The van der Waals surface area contributed by atoms with E-state index in [4.69, 9.17) is 0 Å². The van der Waals surface area contributed by atoms with Gasteiger partial charge in [-0.1, -0.05) is 0 Å². The second-order valence-corrected chi connectivity index (χ2v) is 2.43. The third-order valence-corrected chi connectivity index (χ3v) is 1.45. The summed E-state index contributed by atoms with van der Waals surface area (Å²) in [6, 6.07) is 3.82. The molecule has 1 rings (SSSR count). The summed E-state index contributed by atoms with van der Waals surface area (Å²) < 4.78 is 0.856. The fourth-order valence-electron chi connectivity index (χ4n) is 0.558. The van der Waals surface area contributed by atoms with Crippen LogP contribution in [0.25, 0.3) is 0 Å². The standard InChI is InChI=1S/C6H7BrN2.ClH/c1-8-5-2-3-9-6(7)4-5;/h2-4H,1H3,(H,8,9);1H. The van der Waals surface area contributed by atoms with Gasteiger partial charge in [0.1, 0.15) is 4.60 Å². The highest BCUT2D eigenvalue weighted by Gasteiger charge is 1.87. The lowest BCUT2D eigenvalue weighted by Crippen LogP contribution is -1.87. The Bertz CT molecular complexity index is 205. The first-order valence-corrected chi connectivity index (χ1v) is 3.41. The summed E-state index contributed by atoms with van der Waals surface area (Å²) in [5, 5.41) is 3.00. The van der Waals surface area contributed by atoms with Gasteiger partial charge in [-0.05, 0) is 28.1 Å². The van der Waals surface area contributed by atoms with E-state index in [0.29, 0.717) is 0 Å². The molecule has 1 N–H and O–H groups in total. The third kappa shape index (κ3) is 2.54. The topological polar surface area (TPSA) is 24.9 Å². The Morgan fingerprint density at radius 3 is 2.70 bits per heavy atom. The molecule has 0 saturated heterocycles. The number of aromatic nitrogens is 1. The highest BCUT2D eigenvalue weighted by molar-refractivity contribution is 9.10. The molecular formula is C6H8BrClN2. The Morgan fingerprint density at radius 1 is 1.60 bits per heavy atom. The molecule has 0 saturated carbocycles. The van der Waals surface area contributed by atoms with Crippen LogP contribution in [0.15, 0.2) is 22.9 Å². The van der Waals surface area contributed by atoms with Gasteiger partial charge < -0.3 is 5.32 Å². The molecule has 0 radical (unpaired) electrons. The van der Waals surface area contributed by atoms with Crippen molar-refractivity contribution in [3.05, 3.63) is 22.9 Å². The summed E-state index contributed by atoms with van der Waals surface area (Å²) >= 11 is 3.25. The summed E-state index contributed by atoms with van der Waals surface area (Å²) in [6.45, 7) is 0. The van der Waals surface area contributed by atoms with Crippen LogP contribution in [0.3, 0.4) is 0 Å². The van der Waals surface area contributed by atoms with E-state index < -0.39 is 0 Å². The Balaban J connectivity index is 0.000000810. The second-order valence-electron chi connectivity index (χ2n) is 1.62. The van der Waals surface area contributed by atoms with Crippen molar-refractivity contribution in [1.29, 1.82) is 0 Å². The lowest BCUT2D eigenvalue weighted by atomic mass is 10.4. The zero-order valence-electron chi connectivity index (χ0n) is 5.47. The molecule has 56 valence electrons. The fourth-order valence-corrected chi connectivity index (χ4v) is 0.923. The third-order valence-electron chi connectivity index (χ3n) is 1.02. The van der Waals surface area contributed by atoms with E-state index in [2.05, 4.69) is 26.2 Å². The maximum Gasteiger partial charge on any atom is 0.108 e. The first kappa shape index (κ1) is 9.72. The largest absolute Gasteiger partial charge is 0.388 e. The van der Waals surface area contributed by atoms with Gasteiger partial charge in [-0.25, -0.2) is 4.98 Å². The summed E-state index contributed by atoms with van der Waals surface area (Å²) in [5.41, 5.74) is 1.07. The Hall–Kier alpha value is -0.280. The van der Waals surface area contributed by atoms with Crippen molar-refractivity contribution in [1.82, 2.24) is 4.98 Å². The molecule has 0 bridgehead atoms. The first-order chi connectivity index (χ1) is 4.33. The van der Waals surface area contributed by atoms with Crippen molar-refractivity contribution in [2.45, 2.75) is 0 Å². The number of nitrogens with one attached hydrogen (secondary N) is 1. The molecule has 0 aliphatic heterocycles. The van der Waals surface area contributed by atoms with Gasteiger partial charge >= 0.3 is 0 Å². The monoisotopic (exact) mass is 222 g/mol. The molecule has 4 heteroatoms. The lowest BCUT2D eigenvalue weighted by molar-refractivity contribution is 1.27. The molecule has 1 aromatic heterocycles. The smallest absolute Gasteiger partial charge is 0.108 e. The quantitative estimate of drug-likeness (QED) is 0.739. The van der Waals surface area contributed by atoms with Crippen molar-refractivity contribution in [3.63, 3.8) is 0 Å². The lowest BCUT2D eigenvalue weighted by Gasteiger charge is -1.96. The maximum atomic E-state index is 3.96. The van der Waals surface area contributed by atoms with Crippen LogP contribution in [0.5, 0.6) is 0 Å². The summed E-state index contributed by atoms with van der Waals surface area (Å²) in [7, 11) is 1.88. The van der Waals surface area contributed by atoms with Crippen molar-refractivity contribution in [3.8, 4) is 0 Å². The summed E-state index contributed by atoms with van der Waals surface area (Å²) in [6.07, 6.45) is 1.75. The van der Waals surface area contributed by atoms with E-state index in [-0.39, 0.29) is 12.4 Å². The van der Waals surface area contributed by atoms with Crippen LogP contribution in [0.2, 0.25) is 0 Å². The molecule has 2 nitrogen and oxygen atoms in total. The molecule has 0 aliphatic carbocycles. The summed E-state index contributed by atoms with van der Waals surface area (Å²) in [4.78, 5) is 3.96. The predicted octanol–water partition coefficient (Wildman–Crippen LogP) is 2.31. The molecule has 0 aromatic carbocycles. The summed E-state index contributed by atoms with van der Waals surface area (Å²) in [5.74, 6) is 0. The number of anilines is 1. The first-order valence-electron chi connectivity index (χ1n) is 2.62. The highest BCUT2D eigenvalue weighted by atomic mass is 79.9. The number of hydrogen-bond acceptors (Lipinski definition) is 2. The molecule has 10 heavy (non-hydrogen) atoms. The van der Waals surface area contributed by atoms with Gasteiger partial charge in [-0.15, -0.1) is 12.4 Å². The van der Waals surface area contributed by atoms with E-state index in [0.717, 1.165) is 10.3 Å². The SMILES string of the molecule is CNc1ccnc(Br)c1.Cl. The van der Waals surface area contributed by atoms with Gasteiger partial charge in [0.05, 0.1) is 0 Å². The van der Waals surface area contributed by atoms with Gasteiger partial charge in [0.25, 0.3) is 0 Å². The van der Waals surface area contributed by atoms with Crippen LogP contribution in [0.1, 0.15) is 0 Å². The number of nitrogens with zero attached hydrogens (tertiary/aromatic N) is 1. The maximum absolute atomic E-state index is 3.96. The van der Waals surface area contributed by atoms with E-state index in [1.165, 1.54) is 0 Å². The van der Waals surface area contributed by atoms with Crippen LogP contribution in [-0.2, 0) is 0 Å². The molecule has 0 fully saturated rings. The highest BCUT2D eigenvalue weighted by Crippen LogP contribution is 2.10. The van der Waals surface area contributed by atoms with Crippen LogP contribution >= 0.6 is 28.3 Å². The Labute approximate surface area is 74.6 Å². The second kappa shape index (κ2) is 4.52. The minimum Gasteiger partial charge on any atom is -0.388 e. The Kier molecular flexibility index (Phi) is 4.40. The molecule has 0 spiro atoms. The molecule has 0 unspecified atom stereocenters. The number of hydrogen-bond donors (Lipinski definition) is 1. The van der Waals surface area contributed by atoms with Crippen LogP contribution in [0.4, 0.5) is 5.69 Å². The predicted molar refractivity (Wildman–Crippen MR) is 48.7 cm³/mol. The zero-order chi connectivity index (χ0) is 6.69. The molecule has 0 atom stereocenters. The molecule has 1 aromatic rings. The Morgan fingerprint density at radius 2 is 2.30 bits per heavy atom. The van der Waals surface area contributed by atoms with E-state index in [1.807, 2.05) is 19.2 Å². The average Bonchev–Trinajstić information content (AvgIpc) is 1.88. The molecule has 0 amide bonds. The van der Waals surface area contributed by atoms with E-state index >= 15 is 0 Å². The van der Waals surface area contributed by atoms with Crippen LogP contribution < -0.4 is 5.32 Å². The van der Waals surface area contributed by atoms with Crippen molar-refractivity contribution < 1.29 is 0 Å². The average molecular weight is 224 g/mol. The number of rotatable bonds is 1. The van der Waals surface area contributed by atoms with Gasteiger partial charge in [-0.3, -0.25) is 0 Å². The number of halogens is 2. The normalized spacial score (nSPS) is 8.20. The van der Waals surface area contributed by atoms with Crippen LogP contribution in [-0.4, -0.2) is 12.0 Å². The van der Waals surface area contributed by atoms with Gasteiger partial charge in [0.2, 0.25) is 0 Å². The minimum absolute atomic E-state index is 0. The van der Waals surface area contributed by atoms with Crippen molar-refractivity contribution in [2.24, 2.45) is 0 Å². The number of pyridine rings is 1. The molecular weight excluding hydrogens is 215 g/mol. The van der Waals surface area contributed by atoms with Crippen LogP contribution in [0, 0.1) is 0 Å². The van der Waals surface area contributed by atoms with Crippen molar-refractivity contribution >= 4 is 34.0 Å². The van der Waals surface area contributed by atoms with E-state index in [9.17, 15) is 0 Å². The van der Waals surface area contributed by atoms with Crippen molar-refractivity contribution in [2.75, 3.05) is 12.4 Å². The molecule has 0 aliphatic rings. The van der Waals surface area contributed by atoms with Gasteiger partial charge in [-0.2, -0.15) is 0 Å². The zero-order valence-corrected chi connectivity index (χ0v) is 7.87. The van der Waals surface area contributed by atoms with E-state index in [1.54, 1.807) is 6.20 Å². The molecule has 1 heterocycles. The fraction of sp³-hybridized carbons (Fsp3) is 0.167.